The molecule has 0 fully saturated rings. The maximum atomic E-state index is 12.1. The molecule has 1 amide bonds. The van der Waals surface area contributed by atoms with E-state index in [0.717, 1.165) is 16.8 Å². The van der Waals surface area contributed by atoms with Gasteiger partial charge in [0.15, 0.2) is 11.5 Å². The van der Waals surface area contributed by atoms with Crippen LogP contribution in [0, 0.1) is 20.8 Å². The van der Waals surface area contributed by atoms with E-state index in [9.17, 15) is 9.59 Å². The first kappa shape index (κ1) is 14.9. The number of carbonyl (C=O) groups is 2. The maximum absolute atomic E-state index is 12.1. The second-order valence-electron chi connectivity index (χ2n) is 5.10. The smallest absolute Gasteiger partial charge is 0.246 e. The van der Waals surface area contributed by atoms with Gasteiger partial charge >= 0.3 is 0 Å². The quantitative estimate of drug-likeness (QED) is 0.873. The van der Waals surface area contributed by atoms with Crippen molar-refractivity contribution in [1.29, 1.82) is 0 Å². The highest BCUT2D eigenvalue weighted by Crippen LogP contribution is 2.16. The number of anilines is 1. The number of aryl methyl sites for hydroxylation is 2. The Morgan fingerprint density at radius 2 is 1.95 bits per heavy atom. The van der Waals surface area contributed by atoms with Crippen LogP contribution in [0.3, 0.4) is 0 Å². The van der Waals surface area contributed by atoms with Crippen LogP contribution < -0.4 is 5.32 Å². The SMILES string of the molecule is CC(=O)c1nnn(CC(=O)Nc2ccc(C)cc2C)c1C. The third-order valence-electron chi connectivity index (χ3n) is 3.27. The van der Waals surface area contributed by atoms with Crippen molar-refractivity contribution in [3.8, 4) is 0 Å². The first-order valence-electron chi connectivity index (χ1n) is 6.66. The van der Waals surface area contributed by atoms with Crippen LogP contribution in [0.4, 0.5) is 5.69 Å². The molecule has 2 rings (SSSR count). The summed E-state index contributed by atoms with van der Waals surface area (Å²) in [6.07, 6.45) is 0. The molecule has 0 unspecified atom stereocenters. The third kappa shape index (κ3) is 3.34. The molecule has 1 aromatic carbocycles. The minimum Gasteiger partial charge on any atom is -0.324 e. The summed E-state index contributed by atoms with van der Waals surface area (Å²) >= 11 is 0. The maximum Gasteiger partial charge on any atom is 0.246 e. The molecule has 0 atom stereocenters. The Hall–Kier alpha value is -2.50. The largest absolute Gasteiger partial charge is 0.324 e. The van der Waals surface area contributed by atoms with Crippen molar-refractivity contribution in [2.75, 3.05) is 5.32 Å². The van der Waals surface area contributed by atoms with Crippen LogP contribution in [0.25, 0.3) is 0 Å². The number of rotatable bonds is 4. The molecule has 0 radical (unpaired) electrons. The van der Waals surface area contributed by atoms with E-state index >= 15 is 0 Å². The zero-order valence-corrected chi connectivity index (χ0v) is 12.6. The predicted octanol–water partition coefficient (Wildman–Crippen LogP) is 2.04. The lowest BCUT2D eigenvalue weighted by atomic mass is 10.1. The van der Waals surface area contributed by atoms with Crippen LogP contribution in [0.2, 0.25) is 0 Å². The van der Waals surface area contributed by atoms with Gasteiger partial charge in [-0.15, -0.1) is 5.10 Å². The fraction of sp³-hybridized carbons (Fsp3) is 0.333. The van der Waals surface area contributed by atoms with Crippen LogP contribution in [0.5, 0.6) is 0 Å². The Bertz CT molecular complexity index is 704. The summed E-state index contributed by atoms with van der Waals surface area (Å²) in [6, 6.07) is 5.82. The van der Waals surface area contributed by atoms with E-state index in [4.69, 9.17) is 0 Å². The molecule has 0 aliphatic rings. The van der Waals surface area contributed by atoms with Crippen molar-refractivity contribution in [2.24, 2.45) is 0 Å². The van der Waals surface area contributed by atoms with E-state index in [1.165, 1.54) is 11.6 Å². The summed E-state index contributed by atoms with van der Waals surface area (Å²) < 4.78 is 1.43. The molecule has 1 aromatic heterocycles. The number of nitrogens with zero attached hydrogens (tertiary/aromatic N) is 3. The van der Waals surface area contributed by atoms with Gasteiger partial charge in [-0.1, -0.05) is 22.9 Å². The molecule has 1 N–H and O–H groups in total. The summed E-state index contributed by atoms with van der Waals surface area (Å²) in [4.78, 5) is 23.4. The van der Waals surface area contributed by atoms with Gasteiger partial charge in [0.25, 0.3) is 0 Å². The van der Waals surface area contributed by atoms with Crippen LogP contribution >= 0.6 is 0 Å². The second kappa shape index (κ2) is 5.87. The summed E-state index contributed by atoms with van der Waals surface area (Å²) in [5, 5.41) is 10.5. The van der Waals surface area contributed by atoms with Gasteiger partial charge in [0.1, 0.15) is 6.54 Å². The number of Topliss-reactive ketones (excluding diaryl/α,β-unsaturated/α-hetero) is 1. The molecule has 110 valence electrons. The Balaban J connectivity index is 2.10. The molecule has 6 heteroatoms. The van der Waals surface area contributed by atoms with Gasteiger partial charge in [-0.25, -0.2) is 4.68 Å². The lowest BCUT2D eigenvalue weighted by molar-refractivity contribution is -0.117. The third-order valence-corrected chi connectivity index (χ3v) is 3.27. The van der Waals surface area contributed by atoms with Crippen molar-refractivity contribution < 1.29 is 9.59 Å². The lowest BCUT2D eigenvalue weighted by Crippen LogP contribution is -2.21. The first-order valence-corrected chi connectivity index (χ1v) is 6.66. The molecule has 0 saturated carbocycles. The molecule has 21 heavy (non-hydrogen) atoms. The number of ketones is 1. The van der Waals surface area contributed by atoms with Crippen molar-refractivity contribution in [3.05, 3.63) is 40.7 Å². The van der Waals surface area contributed by atoms with Crippen molar-refractivity contribution in [2.45, 2.75) is 34.2 Å². The molecule has 6 nitrogen and oxygen atoms in total. The van der Waals surface area contributed by atoms with Crippen LogP contribution in [0.15, 0.2) is 18.2 Å². The zero-order valence-electron chi connectivity index (χ0n) is 12.6. The van der Waals surface area contributed by atoms with E-state index in [1.54, 1.807) is 6.92 Å². The molecule has 0 bridgehead atoms. The van der Waals surface area contributed by atoms with Gasteiger partial charge < -0.3 is 5.32 Å². The van der Waals surface area contributed by atoms with Crippen LogP contribution in [0.1, 0.15) is 34.2 Å². The molecular weight excluding hydrogens is 268 g/mol. The average molecular weight is 286 g/mol. The zero-order chi connectivity index (χ0) is 15.6. The van der Waals surface area contributed by atoms with Crippen molar-refractivity contribution in [3.63, 3.8) is 0 Å². The average Bonchev–Trinajstić information content (AvgIpc) is 2.74. The Kier molecular flexibility index (Phi) is 4.16. The monoisotopic (exact) mass is 286 g/mol. The number of hydrogen-bond acceptors (Lipinski definition) is 4. The highest BCUT2D eigenvalue weighted by molar-refractivity contribution is 5.93. The fourth-order valence-corrected chi connectivity index (χ4v) is 2.12. The van der Waals surface area contributed by atoms with E-state index < -0.39 is 0 Å². The van der Waals surface area contributed by atoms with Crippen LogP contribution in [-0.2, 0) is 11.3 Å². The number of nitrogens with one attached hydrogen (secondary N) is 1. The molecule has 0 aliphatic heterocycles. The fourth-order valence-electron chi connectivity index (χ4n) is 2.12. The topological polar surface area (TPSA) is 76.9 Å². The van der Waals surface area contributed by atoms with E-state index in [0.29, 0.717) is 11.4 Å². The van der Waals surface area contributed by atoms with Gasteiger partial charge in [-0.3, -0.25) is 9.59 Å². The van der Waals surface area contributed by atoms with E-state index in [-0.39, 0.29) is 18.2 Å². The van der Waals surface area contributed by atoms with Crippen molar-refractivity contribution in [1.82, 2.24) is 15.0 Å². The predicted molar refractivity (Wildman–Crippen MR) is 79.3 cm³/mol. The number of amides is 1. The molecule has 0 aliphatic carbocycles. The minimum absolute atomic E-state index is 0.0272. The van der Waals surface area contributed by atoms with Gasteiger partial charge in [-0.05, 0) is 32.4 Å². The van der Waals surface area contributed by atoms with Gasteiger partial charge in [-0.2, -0.15) is 0 Å². The Morgan fingerprint density at radius 1 is 1.24 bits per heavy atom. The summed E-state index contributed by atoms with van der Waals surface area (Å²) in [5.74, 6) is -0.362. The standard InChI is InChI=1S/C15H18N4O2/c1-9-5-6-13(10(2)7-9)16-14(21)8-19-11(3)15(12(4)20)17-18-19/h5-7H,8H2,1-4H3,(H,16,21). The second-order valence-corrected chi connectivity index (χ2v) is 5.10. The first-order chi connectivity index (χ1) is 9.88. The van der Waals surface area contributed by atoms with Gasteiger partial charge in [0.2, 0.25) is 5.91 Å². The minimum atomic E-state index is -0.204. The summed E-state index contributed by atoms with van der Waals surface area (Å²) in [6.45, 7) is 7.12. The highest BCUT2D eigenvalue weighted by atomic mass is 16.2. The Morgan fingerprint density at radius 3 is 2.52 bits per heavy atom. The van der Waals surface area contributed by atoms with Crippen molar-refractivity contribution >= 4 is 17.4 Å². The number of benzene rings is 1. The number of carbonyl (C=O) groups excluding carboxylic acids is 2. The van der Waals surface area contributed by atoms with E-state index in [1.807, 2.05) is 32.0 Å². The summed E-state index contributed by atoms with van der Waals surface area (Å²) in [7, 11) is 0. The van der Waals surface area contributed by atoms with Gasteiger partial charge in [0, 0.05) is 12.6 Å². The molecule has 0 spiro atoms. The number of hydrogen-bond donors (Lipinski definition) is 1. The molecule has 1 heterocycles. The highest BCUT2D eigenvalue weighted by Gasteiger charge is 2.15. The van der Waals surface area contributed by atoms with Crippen LogP contribution in [-0.4, -0.2) is 26.7 Å². The number of aromatic nitrogens is 3. The lowest BCUT2D eigenvalue weighted by Gasteiger charge is -2.09. The molecule has 0 saturated heterocycles. The molecular formula is C15H18N4O2. The van der Waals surface area contributed by atoms with Gasteiger partial charge in [0.05, 0.1) is 5.69 Å². The van der Waals surface area contributed by atoms with E-state index in [2.05, 4.69) is 15.6 Å². The normalized spacial score (nSPS) is 10.5. The summed E-state index contributed by atoms with van der Waals surface area (Å²) in [5.41, 5.74) is 3.81. The Labute approximate surface area is 123 Å². The molecule has 2 aromatic rings.